The third-order valence-corrected chi connectivity index (χ3v) is 8.54. The number of likely N-dealkylation sites (N-methyl/N-ethyl adjacent to an activating group) is 1. The quantitative estimate of drug-likeness (QED) is 0.247. The Balaban J connectivity index is 1.32. The van der Waals surface area contributed by atoms with Crippen LogP contribution in [0.4, 0.5) is 0 Å². The summed E-state index contributed by atoms with van der Waals surface area (Å²) >= 11 is 0. The first-order valence-corrected chi connectivity index (χ1v) is 14.5. The first-order valence-electron chi connectivity index (χ1n) is 14.5. The molecule has 0 unspecified atom stereocenters. The van der Waals surface area contributed by atoms with Gasteiger partial charge >= 0.3 is 0 Å². The van der Waals surface area contributed by atoms with Gasteiger partial charge in [0.25, 0.3) is 11.5 Å². The van der Waals surface area contributed by atoms with Crippen molar-refractivity contribution in [1.29, 1.82) is 0 Å². The molecule has 1 fully saturated rings. The van der Waals surface area contributed by atoms with Crippen molar-refractivity contribution < 1.29 is 4.40 Å². The van der Waals surface area contributed by atoms with Crippen molar-refractivity contribution in [1.82, 2.24) is 19.7 Å². The van der Waals surface area contributed by atoms with Crippen molar-refractivity contribution in [2.45, 2.75) is 37.8 Å². The van der Waals surface area contributed by atoms with E-state index in [1.807, 2.05) is 12.3 Å². The van der Waals surface area contributed by atoms with Gasteiger partial charge in [-0.25, -0.2) is 0 Å². The van der Waals surface area contributed by atoms with Crippen LogP contribution in [0.15, 0.2) is 109 Å². The summed E-state index contributed by atoms with van der Waals surface area (Å²) in [5.41, 5.74) is 14.2. The SMILES string of the molecule is CN(CCc1ccccc1)Cc1nn(-c2ccc(C3(N)CCC3)cc2)c2c3cc(-c4ccccc4)cnc3cc[n+]12. The van der Waals surface area contributed by atoms with Crippen molar-refractivity contribution in [3.05, 3.63) is 126 Å². The van der Waals surface area contributed by atoms with Crippen LogP contribution in [0.3, 0.4) is 0 Å². The van der Waals surface area contributed by atoms with E-state index in [9.17, 15) is 0 Å². The Bertz CT molecular complexity index is 1810. The first kappa shape index (κ1) is 25.6. The molecule has 0 saturated heterocycles. The third-order valence-electron chi connectivity index (χ3n) is 8.54. The summed E-state index contributed by atoms with van der Waals surface area (Å²) < 4.78 is 4.30. The van der Waals surface area contributed by atoms with Crippen LogP contribution in [0.5, 0.6) is 0 Å². The Kier molecular flexibility index (Phi) is 6.57. The fourth-order valence-electron chi connectivity index (χ4n) is 5.91. The minimum Gasteiger partial charge on any atom is -0.321 e. The predicted octanol–water partition coefficient (Wildman–Crippen LogP) is 5.84. The van der Waals surface area contributed by atoms with Crippen LogP contribution in [0.1, 0.15) is 36.2 Å². The highest BCUT2D eigenvalue weighted by Gasteiger charge is 2.34. The number of aromatic nitrogens is 4. The van der Waals surface area contributed by atoms with Crippen molar-refractivity contribution in [2.24, 2.45) is 5.73 Å². The lowest BCUT2D eigenvalue weighted by Gasteiger charge is -2.38. The van der Waals surface area contributed by atoms with Gasteiger partial charge in [0.2, 0.25) is 0 Å². The van der Waals surface area contributed by atoms with Crippen LogP contribution < -0.4 is 10.1 Å². The Hall–Kier alpha value is -4.39. The fraction of sp³-hybridized carbons (Fsp3) is 0.229. The smallest absolute Gasteiger partial charge is 0.297 e. The number of hydrogen-bond donors (Lipinski definition) is 1. The van der Waals surface area contributed by atoms with E-state index in [0.29, 0.717) is 0 Å². The van der Waals surface area contributed by atoms with Gasteiger partial charge in [-0.2, -0.15) is 4.40 Å². The molecule has 1 aliphatic rings. The Morgan fingerprint density at radius 1 is 0.902 bits per heavy atom. The average Bonchev–Trinajstić information content (AvgIpc) is 3.38. The van der Waals surface area contributed by atoms with Crippen LogP contribution in [0.25, 0.3) is 33.4 Å². The summed E-state index contributed by atoms with van der Waals surface area (Å²) in [4.78, 5) is 7.20. The number of benzene rings is 3. The number of nitrogens with zero attached hydrogens (tertiary/aromatic N) is 5. The number of nitrogens with two attached hydrogens (primary N) is 1. The van der Waals surface area contributed by atoms with E-state index in [1.165, 1.54) is 17.5 Å². The van der Waals surface area contributed by atoms with E-state index >= 15 is 0 Å². The van der Waals surface area contributed by atoms with Crippen molar-refractivity contribution in [2.75, 3.05) is 13.6 Å². The summed E-state index contributed by atoms with van der Waals surface area (Å²) in [7, 11) is 2.17. The lowest BCUT2D eigenvalue weighted by molar-refractivity contribution is -0.522. The van der Waals surface area contributed by atoms with Gasteiger partial charge in [-0.15, -0.1) is 0 Å². The van der Waals surface area contributed by atoms with E-state index in [2.05, 4.69) is 118 Å². The highest BCUT2D eigenvalue weighted by Crippen LogP contribution is 2.38. The largest absolute Gasteiger partial charge is 0.321 e. The molecule has 6 aromatic rings. The minimum absolute atomic E-state index is 0.187. The summed E-state index contributed by atoms with van der Waals surface area (Å²) in [6.07, 6.45) is 8.35. The first-order chi connectivity index (χ1) is 20.1. The molecular formula is C35H35N6+. The molecular weight excluding hydrogens is 504 g/mol. The van der Waals surface area contributed by atoms with Gasteiger partial charge in [-0.05, 0) is 73.7 Å². The fourth-order valence-corrected chi connectivity index (χ4v) is 5.91. The molecule has 3 aromatic heterocycles. The molecule has 204 valence electrons. The molecule has 0 spiro atoms. The molecule has 0 aliphatic heterocycles. The number of hydrogen-bond acceptors (Lipinski definition) is 4. The van der Waals surface area contributed by atoms with Crippen molar-refractivity contribution in [3.8, 4) is 16.8 Å². The second kappa shape index (κ2) is 10.5. The summed E-state index contributed by atoms with van der Waals surface area (Å²) in [6, 6.07) is 34.1. The maximum absolute atomic E-state index is 6.64. The zero-order chi connectivity index (χ0) is 27.8. The summed E-state index contributed by atoms with van der Waals surface area (Å²) in [6.45, 7) is 1.67. The molecule has 0 amide bonds. The van der Waals surface area contributed by atoms with Crippen LogP contribution in [-0.4, -0.2) is 33.3 Å². The highest BCUT2D eigenvalue weighted by atomic mass is 15.4. The Morgan fingerprint density at radius 3 is 2.34 bits per heavy atom. The second-order valence-electron chi connectivity index (χ2n) is 11.4. The standard InChI is InChI=1S/C35H35N6/c1-39(21-17-26-9-4-2-5-10-26)25-33-38-41(30-15-13-29(14-16-30)35(36)19-8-20-35)34-31-23-28(27-11-6-3-7-12-27)24-37-32(31)18-22-40(33)34/h2-7,9-16,18,22-24H,8,17,19-21,25,36H2,1H3/q+1. The van der Waals surface area contributed by atoms with Gasteiger partial charge in [0.05, 0.1) is 23.6 Å². The predicted molar refractivity (Wildman–Crippen MR) is 164 cm³/mol. The van der Waals surface area contributed by atoms with Gasteiger partial charge in [-0.3, -0.25) is 9.88 Å². The van der Waals surface area contributed by atoms with E-state index < -0.39 is 0 Å². The molecule has 3 aromatic carbocycles. The van der Waals surface area contributed by atoms with E-state index in [-0.39, 0.29) is 5.54 Å². The highest BCUT2D eigenvalue weighted by molar-refractivity contribution is 5.92. The number of pyridine rings is 2. The maximum Gasteiger partial charge on any atom is 0.297 e. The minimum atomic E-state index is -0.187. The number of fused-ring (bicyclic) bond motifs is 3. The molecule has 7 rings (SSSR count). The van der Waals surface area contributed by atoms with Crippen LogP contribution in [0.2, 0.25) is 0 Å². The maximum atomic E-state index is 6.64. The molecule has 3 heterocycles. The van der Waals surface area contributed by atoms with Crippen LogP contribution in [-0.2, 0) is 18.5 Å². The topological polar surface area (TPSA) is 64.1 Å². The third kappa shape index (κ3) is 4.90. The molecule has 0 bridgehead atoms. The van der Waals surface area contributed by atoms with Gasteiger partial charge < -0.3 is 5.73 Å². The van der Waals surface area contributed by atoms with E-state index in [1.54, 1.807) is 0 Å². The molecule has 6 heteroatoms. The molecule has 0 radical (unpaired) electrons. The van der Waals surface area contributed by atoms with Crippen molar-refractivity contribution in [3.63, 3.8) is 0 Å². The molecule has 6 nitrogen and oxygen atoms in total. The Labute approximate surface area is 240 Å². The van der Waals surface area contributed by atoms with Gasteiger partial charge in [-0.1, -0.05) is 77.5 Å². The summed E-state index contributed by atoms with van der Waals surface area (Å²) in [5, 5.41) is 6.28. The molecule has 2 N–H and O–H groups in total. The van der Waals surface area contributed by atoms with Crippen molar-refractivity contribution >= 4 is 16.6 Å². The van der Waals surface area contributed by atoms with Crippen LogP contribution >= 0.6 is 0 Å². The van der Waals surface area contributed by atoms with Gasteiger partial charge in [0, 0.05) is 28.9 Å². The number of rotatable bonds is 8. The van der Waals surface area contributed by atoms with E-state index in [0.717, 1.165) is 71.5 Å². The lowest BCUT2D eigenvalue weighted by atomic mass is 9.73. The second-order valence-corrected chi connectivity index (χ2v) is 11.4. The normalized spacial score (nSPS) is 14.5. The van der Waals surface area contributed by atoms with Gasteiger partial charge in [0.1, 0.15) is 5.69 Å². The molecule has 0 atom stereocenters. The Morgan fingerprint density at radius 2 is 1.63 bits per heavy atom. The zero-order valence-electron chi connectivity index (χ0n) is 23.4. The monoisotopic (exact) mass is 539 g/mol. The molecule has 1 aliphatic carbocycles. The van der Waals surface area contributed by atoms with E-state index in [4.69, 9.17) is 15.8 Å². The summed E-state index contributed by atoms with van der Waals surface area (Å²) in [5.74, 6) is 0.987. The average molecular weight is 540 g/mol. The zero-order valence-corrected chi connectivity index (χ0v) is 23.4. The molecule has 41 heavy (non-hydrogen) atoms. The molecule has 1 saturated carbocycles. The van der Waals surface area contributed by atoms with Gasteiger partial charge in [0.15, 0.2) is 0 Å². The van der Waals surface area contributed by atoms with Crippen LogP contribution in [0, 0.1) is 0 Å². The lowest BCUT2D eigenvalue weighted by Crippen LogP contribution is -2.43.